The first kappa shape index (κ1) is 17.8. The van der Waals surface area contributed by atoms with Crippen LogP contribution in [-0.2, 0) is 0 Å². The zero-order valence-electron chi connectivity index (χ0n) is 16.3. The van der Waals surface area contributed by atoms with E-state index in [4.69, 9.17) is 0 Å². The Labute approximate surface area is 156 Å². The molecule has 0 unspecified atom stereocenters. The maximum absolute atomic E-state index is 2.41. The topological polar surface area (TPSA) is 0 Å². The summed E-state index contributed by atoms with van der Waals surface area (Å²) in [5.41, 5.74) is 9.73. The third kappa shape index (κ3) is 2.54. The van der Waals surface area contributed by atoms with Gasteiger partial charge in [0.2, 0.25) is 0 Å². The van der Waals surface area contributed by atoms with Crippen LogP contribution in [0.25, 0.3) is 0 Å². The summed E-state index contributed by atoms with van der Waals surface area (Å²) < 4.78 is 3.37. The van der Waals surface area contributed by atoms with E-state index in [9.17, 15) is 0 Å². The van der Waals surface area contributed by atoms with Crippen LogP contribution in [0.4, 0.5) is 0 Å². The third-order valence-corrected chi connectivity index (χ3v) is 10.1. The van der Waals surface area contributed by atoms with Crippen LogP contribution in [0.5, 0.6) is 0 Å². The van der Waals surface area contributed by atoms with Gasteiger partial charge in [0.1, 0.15) is 0 Å². The summed E-state index contributed by atoms with van der Waals surface area (Å²) in [7, 11) is 0. The Morgan fingerprint density at radius 2 is 0.857 bits per heavy atom. The molecular formula is C20H31Yb. The second-order valence-corrected chi connectivity index (χ2v) is 9.73. The van der Waals surface area contributed by atoms with Gasteiger partial charge in [-0.3, -0.25) is 0 Å². The van der Waals surface area contributed by atoms with E-state index < -0.39 is 0 Å². The molecule has 0 atom stereocenters. The summed E-state index contributed by atoms with van der Waals surface area (Å²) in [6.45, 7) is 23.5. The number of allylic oxidation sites excluding steroid dienone is 8. The fourth-order valence-corrected chi connectivity index (χ4v) is 6.78. The van der Waals surface area contributed by atoms with E-state index in [-0.39, 0.29) is 12.3 Å². The maximum atomic E-state index is 2.41. The Morgan fingerprint density at radius 3 is 1.05 bits per heavy atom. The van der Waals surface area contributed by atoms with Crippen molar-refractivity contribution in [1.82, 2.24) is 0 Å². The monoisotopic (exact) mass is 445 g/mol. The van der Waals surface area contributed by atoms with Crippen LogP contribution in [0.15, 0.2) is 34.1 Å². The average molecular weight is 445 g/mol. The van der Waals surface area contributed by atoms with Gasteiger partial charge in [0.25, 0.3) is 0 Å². The second-order valence-electron chi connectivity index (χ2n) is 7.58. The molecule has 0 N–H and O–H groups in total. The third-order valence-electron chi connectivity index (χ3n) is 5.79. The molecule has 125 valence electrons. The van der Waals surface area contributed by atoms with Crippen LogP contribution >= 0.6 is 0 Å². The van der Waals surface area contributed by atoms with E-state index in [2.05, 4.69) is 69.2 Å². The summed E-state index contributed by atoms with van der Waals surface area (Å²) in [6.07, 6.45) is 0. The number of hydrogen-bond acceptors (Lipinski definition) is 0. The molecule has 1 heteroatoms. The van der Waals surface area contributed by atoms with Gasteiger partial charge in [-0.2, -0.15) is 0 Å². The van der Waals surface area contributed by atoms with Gasteiger partial charge in [0.15, 0.2) is 0 Å². The molecule has 0 aromatic heterocycles. The molecule has 0 bridgehead atoms. The molecular weight excluding hydrogens is 413 g/mol. The maximum Gasteiger partial charge on any atom is -1.00 e. The SMILES string of the molecule is CC1=C(C)C(C)(C)[C]([Yb+][C]2=C(C)C(C)=C(C)C2(C)C)=C1C.[H-]. The van der Waals surface area contributed by atoms with Gasteiger partial charge in [-0.15, -0.1) is 0 Å². The minimum absolute atomic E-state index is 0. The quantitative estimate of drug-likeness (QED) is 0.457. The predicted octanol–water partition coefficient (Wildman–Crippen LogP) is 6.48. The van der Waals surface area contributed by atoms with Crippen molar-refractivity contribution >= 4 is 0 Å². The fourth-order valence-electron chi connectivity index (χ4n) is 3.35. The average Bonchev–Trinajstić information content (AvgIpc) is 2.63. The molecule has 0 amide bonds. The number of hydrogen-bond donors (Lipinski definition) is 0. The van der Waals surface area contributed by atoms with Crippen LogP contribution in [-0.4, -0.2) is 0 Å². The molecule has 0 heterocycles. The van der Waals surface area contributed by atoms with Crippen molar-refractivity contribution in [2.75, 3.05) is 0 Å². The van der Waals surface area contributed by atoms with Crippen molar-refractivity contribution in [3.8, 4) is 0 Å². The molecule has 2 aliphatic rings. The van der Waals surface area contributed by atoms with Crippen molar-refractivity contribution < 1.29 is 43.8 Å². The molecule has 0 saturated heterocycles. The first-order valence-electron chi connectivity index (χ1n) is 7.77. The summed E-state index contributed by atoms with van der Waals surface area (Å²) in [5, 5.41) is 0. The van der Waals surface area contributed by atoms with Gasteiger partial charge in [-0.05, 0) is 0 Å². The normalized spacial score (nSPS) is 25.0. The van der Waals surface area contributed by atoms with Gasteiger partial charge in [-0.1, -0.05) is 0 Å². The van der Waals surface area contributed by atoms with Crippen molar-refractivity contribution in [2.24, 2.45) is 10.8 Å². The molecule has 0 radical (unpaired) electrons. The van der Waals surface area contributed by atoms with Crippen molar-refractivity contribution in [1.29, 1.82) is 0 Å². The summed E-state index contributed by atoms with van der Waals surface area (Å²) in [6, 6.07) is 0. The van der Waals surface area contributed by atoms with Crippen molar-refractivity contribution in [2.45, 2.75) is 69.2 Å². The van der Waals surface area contributed by atoms with Gasteiger partial charge in [0.05, 0.1) is 0 Å². The van der Waals surface area contributed by atoms with Crippen molar-refractivity contribution in [3.63, 3.8) is 0 Å². The van der Waals surface area contributed by atoms with E-state index in [0.717, 1.165) is 0 Å². The smallest absolute Gasteiger partial charge is 1.00 e. The Balaban J connectivity index is 0.00000242. The van der Waals surface area contributed by atoms with Crippen LogP contribution in [0.3, 0.4) is 0 Å². The molecule has 0 aromatic rings. The molecule has 0 aliphatic heterocycles. The van der Waals surface area contributed by atoms with E-state index in [0.29, 0.717) is 42.4 Å². The zero-order valence-corrected chi connectivity index (χ0v) is 17.0. The van der Waals surface area contributed by atoms with E-state index in [1.165, 1.54) is 11.1 Å². The summed E-state index contributed by atoms with van der Waals surface area (Å²) >= 11 is 0.519. The van der Waals surface area contributed by atoms with Gasteiger partial charge in [-0.25, -0.2) is 0 Å². The molecule has 21 heavy (non-hydrogen) atoms. The van der Waals surface area contributed by atoms with E-state index in [1.807, 2.05) is 0 Å². The standard InChI is InChI=1S/2C10H15.Yb.H/c2*1-7-6-10(4,5)9(3)8(7)2;;/h2*1-5H3;;/q;;+1;-1. The molecule has 0 saturated carbocycles. The molecule has 2 aliphatic carbocycles. The minimum atomic E-state index is 0. The first-order valence-corrected chi connectivity index (χ1v) is 9.48. The fraction of sp³-hybridized carbons (Fsp3) is 0.600. The molecule has 2 rings (SSSR count). The van der Waals surface area contributed by atoms with Crippen LogP contribution in [0.1, 0.15) is 70.7 Å². The molecule has 0 nitrogen and oxygen atoms in total. The first-order chi connectivity index (χ1) is 9.44. The van der Waals surface area contributed by atoms with Gasteiger partial charge >= 0.3 is 157 Å². The summed E-state index contributed by atoms with van der Waals surface area (Å²) in [5.74, 6) is 0. The Bertz CT molecular complexity index is 581. The zero-order chi connectivity index (χ0) is 16.3. The van der Waals surface area contributed by atoms with Gasteiger partial charge < -0.3 is 1.43 Å². The van der Waals surface area contributed by atoms with E-state index >= 15 is 0 Å². The van der Waals surface area contributed by atoms with Gasteiger partial charge in [0, 0.05) is 0 Å². The molecule has 0 spiro atoms. The van der Waals surface area contributed by atoms with E-state index in [1.54, 1.807) is 23.0 Å². The largest absolute Gasteiger partial charge is 1.00 e. The minimum Gasteiger partial charge on any atom is -1.00 e. The molecule has 0 aromatic carbocycles. The predicted molar refractivity (Wildman–Crippen MR) is 90.8 cm³/mol. The Morgan fingerprint density at radius 1 is 0.571 bits per heavy atom. The van der Waals surface area contributed by atoms with Crippen LogP contribution in [0, 0.1) is 53.2 Å². The Hall–Kier alpha value is 0.479. The molecule has 0 fully saturated rings. The van der Waals surface area contributed by atoms with Crippen molar-refractivity contribution in [3.05, 3.63) is 34.1 Å². The van der Waals surface area contributed by atoms with Crippen LogP contribution in [0.2, 0.25) is 0 Å². The number of rotatable bonds is 2. The second kappa shape index (κ2) is 5.53. The Kier molecular flexibility index (Phi) is 4.70. The summed E-state index contributed by atoms with van der Waals surface area (Å²) in [4.78, 5) is 0. The van der Waals surface area contributed by atoms with Crippen LogP contribution < -0.4 is 0 Å².